The quantitative estimate of drug-likeness (QED) is 0.798. The SMILES string of the molecule is CCc1cc(CN(CC2CC2)CC2CCCN2)n(CC)n1. The fraction of sp³-hybridized carbons (Fsp3) is 0.824. The third-order valence-corrected chi connectivity index (χ3v) is 4.82. The number of hydrogen-bond acceptors (Lipinski definition) is 3. The van der Waals surface area contributed by atoms with Crippen LogP contribution in [0.15, 0.2) is 6.07 Å². The van der Waals surface area contributed by atoms with Crippen LogP contribution in [0, 0.1) is 5.92 Å². The molecular weight excluding hydrogens is 260 g/mol. The highest BCUT2D eigenvalue weighted by Gasteiger charge is 2.27. The van der Waals surface area contributed by atoms with Crippen molar-refractivity contribution in [3.8, 4) is 0 Å². The number of nitrogens with zero attached hydrogens (tertiary/aromatic N) is 3. The Labute approximate surface area is 128 Å². The van der Waals surface area contributed by atoms with Gasteiger partial charge < -0.3 is 5.32 Å². The number of aromatic nitrogens is 2. The van der Waals surface area contributed by atoms with E-state index in [0.717, 1.165) is 25.4 Å². The molecule has 1 atom stereocenters. The second kappa shape index (κ2) is 6.93. The van der Waals surface area contributed by atoms with Crippen LogP contribution in [0.4, 0.5) is 0 Å². The molecule has 0 amide bonds. The summed E-state index contributed by atoms with van der Waals surface area (Å²) in [4.78, 5) is 2.67. The van der Waals surface area contributed by atoms with Gasteiger partial charge in [-0.05, 0) is 57.6 Å². The first kappa shape index (κ1) is 15.0. The molecule has 0 bridgehead atoms. The molecule has 1 aliphatic carbocycles. The predicted octanol–water partition coefficient (Wildman–Crippen LogP) is 2.43. The molecule has 2 fully saturated rings. The smallest absolute Gasteiger partial charge is 0.0625 e. The van der Waals surface area contributed by atoms with Crippen molar-refractivity contribution in [2.45, 2.75) is 65.1 Å². The van der Waals surface area contributed by atoms with E-state index in [4.69, 9.17) is 5.10 Å². The highest BCUT2D eigenvalue weighted by Crippen LogP contribution is 2.30. The van der Waals surface area contributed by atoms with E-state index in [-0.39, 0.29) is 0 Å². The summed E-state index contributed by atoms with van der Waals surface area (Å²) in [6.45, 7) is 10.1. The Morgan fingerprint density at radius 1 is 1.29 bits per heavy atom. The van der Waals surface area contributed by atoms with Gasteiger partial charge in [0.05, 0.1) is 11.4 Å². The van der Waals surface area contributed by atoms with Crippen molar-refractivity contribution in [2.75, 3.05) is 19.6 Å². The van der Waals surface area contributed by atoms with Gasteiger partial charge in [0.25, 0.3) is 0 Å². The van der Waals surface area contributed by atoms with E-state index in [1.807, 2.05) is 0 Å². The average Bonchev–Trinajstić information content (AvgIpc) is 3.01. The Kier molecular flexibility index (Phi) is 4.96. The molecule has 21 heavy (non-hydrogen) atoms. The minimum Gasteiger partial charge on any atom is -0.313 e. The second-order valence-corrected chi connectivity index (χ2v) is 6.73. The first-order valence-electron chi connectivity index (χ1n) is 8.79. The van der Waals surface area contributed by atoms with Gasteiger partial charge in [-0.3, -0.25) is 9.58 Å². The van der Waals surface area contributed by atoms with Crippen LogP contribution < -0.4 is 5.32 Å². The van der Waals surface area contributed by atoms with Gasteiger partial charge in [0.1, 0.15) is 0 Å². The van der Waals surface area contributed by atoms with E-state index in [9.17, 15) is 0 Å². The lowest BCUT2D eigenvalue weighted by Gasteiger charge is -2.25. The molecule has 0 aromatic carbocycles. The Hall–Kier alpha value is -0.870. The summed E-state index contributed by atoms with van der Waals surface area (Å²) in [5.41, 5.74) is 2.63. The number of rotatable bonds is 8. The summed E-state index contributed by atoms with van der Waals surface area (Å²) >= 11 is 0. The summed E-state index contributed by atoms with van der Waals surface area (Å²) < 4.78 is 2.20. The average molecular weight is 290 g/mol. The lowest BCUT2D eigenvalue weighted by Crippen LogP contribution is -2.38. The van der Waals surface area contributed by atoms with E-state index >= 15 is 0 Å². The van der Waals surface area contributed by atoms with Gasteiger partial charge >= 0.3 is 0 Å². The van der Waals surface area contributed by atoms with Crippen LogP contribution in [0.1, 0.15) is 50.9 Å². The second-order valence-electron chi connectivity index (χ2n) is 6.73. The van der Waals surface area contributed by atoms with E-state index in [1.54, 1.807) is 0 Å². The lowest BCUT2D eigenvalue weighted by molar-refractivity contribution is 0.225. The minimum absolute atomic E-state index is 0.701. The molecule has 1 saturated heterocycles. The molecule has 1 aromatic rings. The van der Waals surface area contributed by atoms with Crippen LogP contribution in [0.3, 0.4) is 0 Å². The third-order valence-electron chi connectivity index (χ3n) is 4.82. The van der Waals surface area contributed by atoms with E-state index in [2.05, 4.69) is 34.8 Å². The normalized spacial score (nSPS) is 22.3. The fourth-order valence-corrected chi connectivity index (χ4v) is 3.41. The number of hydrogen-bond donors (Lipinski definition) is 1. The molecule has 1 N–H and O–H groups in total. The minimum atomic E-state index is 0.701. The Morgan fingerprint density at radius 2 is 2.14 bits per heavy atom. The first-order valence-corrected chi connectivity index (χ1v) is 8.79. The predicted molar refractivity (Wildman–Crippen MR) is 86.3 cm³/mol. The topological polar surface area (TPSA) is 33.1 Å². The molecule has 2 heterocycles. The van der Waals surface area contributed by atoms with Gasteiger partial charge in [-0.2, -0.15) is 5.10 Å². The standard InChI is InChI=1S/C17H30N4/c1-3-15-10-17(21(4-2)19-15)13-20(11-14-7-8-14)12-16-6-5-9-18-16/h10,14,16,18H,3-9,11-13H2,1-2H3. The zero-order valence-corrected chi connectivity index (χ0v) is 13.6. The van der Waals surface area contributed by atoms with Crippen molar-refractivity contribution in [1.29, 1.82) is 0 Å². The number of nitrogens with one attached hydrogen (secondary N) is 1. The fourth-order valence-electron chi connectivity index (χ4n) is 3.41. The van der Waals surface area contributed by atoms with Crippen LogP contribution in [0.5, 0.6) is 0 Å². The van der Waals surface area contributed by atoms with Crippen LogP contribution in [-0.4, -0.2) is 40.4 Å². The monoisotopic (exact) mass is 290 g/mol. The zero-order chi connectivity index (χ0) is 14.7. The van der Waals surface area contributed by atoms with Gasteiger partial charge in [-0.1, -0.05) is 6.92 Å². The highest BCUT2D eigenvalue weighted by atomic mass is 15.3. The molecule has 3 rings (SSSR count). The van der Waals surface area contributed by atoms with Crippen LogP contribution in [0.2, 0.25) is 0 Å². The maximum Gasteiger partial charge on any atom is 0.0625 e. The van der Waals surface area contributed by atoms with Crippen molar-refractivity contribution in [1.82, 2.24) is 20.0 Å². The molecule has 1 aromatic heterocycles. The summed E-state index contributed by atoms with van der Waals surface area (Å²) in [6.07, 6.45) is 6.58. The van der Waals surface area contributed by atoms with Crippen molar-refractivity contribution in [3.05, 3.63) is 17.5 Å². The van der Waals surface area contributed by atoms with Gasteiger partial charge in [0.2, 0.25) is 0 Å². The maximum atomic E-state index is 4.70. The Morgan fingerprint density at radius 3 is 2.76 bits per heavy atom. The highest BCUT2D eigenvalue weighted by molar-refractivity contribution is 5.10. The maximum absolute atomic E-state index is 4.70. The molecule has 1 saturated carbocycles. The Bertz CT molecular complexity index is 444. The van der Waals surface area contributed by atoms with Crippen molar-refractivity contribution >= 4 is 0 Å². The van der Waals surface area contributed by atoms with Crippen LogP contribution in [-0.2, 0) is 19.5 Å². The molecule has 0 spiro atoms. The first-order chi connectivity index (χ1) is 10.3. The van der Waals surface area contributed by atoms with Gasteiger partial charge in [0, 0.05) is 32.2 Å². The zero-order valence-electron chi connectivity index (χ0n) is 13.6. The summed E-state index contributed by atoms with van der Waals surface area (Å²) in [5.74, 6) is 0.954. The van der Waals surface area contributed by atoms with Gasteiger partial charge in [0.15, 0.2) is 0 Å². The molecule has 2 aliphatic rings. The molecule has 1 unspecified atom stereocenters. The van der Waals surface area contributed by atoms with Crippen molar-refractivity contribution in [2.24, 2.45) is 5.92 Å². The van der Waals surface area contributed by atoms with Crippen molar-refractivity contribution < 1.29 is 0 Å². The Balaban J connectivity index is 1.65. The summed E-state index contributed by atoms with van der Waals surface area (Å²) in [6, 6.07) is 3.01. The largest absolute Gasteiger partial charge is 0.313 e. The van der Waals surface area contributed by atoms with E-state index in [0.29, 0.717) is 6.04 Å². The molecular formula is C17H30N4. The van der Waals surface area contributed by atoms with Gasteiger partial charge in [-0.15, -0.1) is 0 Å². The van der Waals surface area contributed by atoms with Crippen LogP contribution in [0.25, 0.3) is 0 Å². The molecule has 0 radical (unpaired) electrons. The number of aryl methyl sites for hydroxylation is 2. The molecule has 4 nitrogen and oxygen atoms in total. The van der Waals surface area contributed by atoms with E-state index in [1.165, 1.54) is 56.7 Å². The summed E-state index contributed by atoms with van der Waals surface area (Å²) in [7, 11) is 0. The third kappa shape index (κ3) is 4.07. The van der Waals surface area contributed by atoms with Crippen molar-refractivity contribution in [3.63, 3.8) is 0 Å². The van der Waals surface area contributed by atoms with E-state index < -0.39 is 0 Å². The molecule has 4 heteroatoms. The van der Waals surface area contributed by atoms with Gasteiger partial charge in [-0.25, -0.2) is 0 Å². The summed E-state index contributed by atoms with van der Waals surface area (Å²) in [5, 5.41) is 8.35. The molecule has 1 aliphatic heterocycles. The van der Waals surface area contributed by atoms with Crippen LogP contribution >= 0.6 is 0 Å². The lowest BCUT2D eigenvalue weighted by atomic mass is 10.2. The molecule has 118 valence electrons.